The first-order chi connectivity index (χ1) is 13.5. The zero-order chi connectivity index (χ0) is 20.4. The van der Waals surface area contributed by atoms with Crippen molar-refractivity contribution in [1.29, 1.82) is 0 Å². The molecule has 166 valence electrons. The van der Waals surface area contributed by atoms with Crippen LogP contribution < -0.4 is 10.6 Å². The molecule has 0 amide bonds. The van der Waals surface area contributed by atoms with Gasteiger partial charge in [-0.25, -0.2) is 4.39 Å². The van der Waals surface area contributed by atoms with Crippen molar-refractivity contribution in [2.24, 2.45) is 4.99 Å². The molecule has 1 aliphatic rings. The van der Waals surface area contributed by atoms with Crippen LogP contribution in [0, 0.1) is 12.7 Å². The number of guanidine groups is 1. The average Bonchev–Trinajstić information content (AvgIpc) is 2.70. The summed E-state index contributed by atoms with van der Waals surface area (Å²) in [6.45, 7) is 16.8. The van der Waals surface area contributed by atoms with Gasteiger partial charge in [0.05, 0.1) is 6.04 Å². The fraction of sp³-hybridized carbons (Fsp3) is 0.682. The fourth-order valence-electron chi connectivity index (χ4n) is 3.45. The molecule has 5 nitrogen and oxygen atoms in total. The van der Waals surface area contributed by atoms with Gasteiger partial charge in [-0.1, -0.05) is 19.1 Å². The summed E-state index contributed by atoms with van der Waals surface area (Å²) in [5, 5.41) is 6.68. The Morgan fingerprint density at radius 2 is 1.83 bits per heavy atom. The second-order valence-corrected chi connectivity index (χ2v) is 7.62. The second-order valence-electron chi connectivity index (χ2n) is 7.62. The summed E-state index contributed by atoms with van der Waals surface area (Å²) in [6.07, 6.45) is 2.26. The first kappa shape index (κ1) is 26.1. The van der Waals surface area contributed by atoms with E-state index < -0.39 is 0 Å². The van der Waals surface area contributed by atoms with Crippen molar-refractivity contribution in [3.8, 4) is 0 Å². The molecule has 1 aromatic carbocycles. The maximum Gasteiger partial charge on any atom is 0.191 e. The number of likely N-dealkylation sites (N-methyl/N-ethyl adjacent to an activating group) is 1. The van der Waals surface area contributed by atoms with Gasteiger partial charge < -0.3 is 20.4 Å². The summed E-state index contributed by atoms with van der Waals surface area (Å²) in [5.41, 5.74) is 1.60. The predicted octanol–water partition coefficient (Wildman–Crippen LogP) is 3.79. The van der Waals surface area contributed by atoms with E-state index in [1.165, 1.54) is 32.6 Å². The van der Waals surface area contributed by atoms with Crippen molar-refractivity contribution in [3.63, 3.8) is 0 Å². The molecule has 1 fully saturated rings. The number of aryl methyl sites for hydroxylation is 1. The van der Waals surface area contributed by atoms with E-state index >= 15 is 0 Å². The molecule has 7 heteroatoms. The SMILES string of the molecule is CCNC(=NCCCCN1CCN(CC)CC1)NC(C)c1ccc(C)c(F)c1.I. The lowest BCUT2D eigenvalue weighted by atomic mass is 10.1. The van der Waals surface area contributed by atoms with E-state index in [4.69, 9.17) is 4.99 Å². The molecular weight excluding hydrogens is 480 g/mol. The summed E-state index contributed by atoms with van der Waals surface area (Å²) in [6, 6.07) is 5.41. The summed E-state index contributed by atoms with van der Waals surface area (Å²) in [7, 11) is 0. The summed E-state index contributed by atoms with van der Waals surface area (Å²) < 4.78 is 13.8. The third kappa shape index (κ3) is 9.17. The zero-order valence-corrected chi connectivity index (χ0v) is 20.8. The van der Waals surface area contributed by atoms with Crippen molar-refractivity contribution in [1.82, 2.24) is 20.4 Å². The van der Waals surface area contributed by atoms with E-state index in [1.807, 2.05) is 19.1 Å². The molecule has 0 radical (unpaired) electrons. The van der Waals surface area contributed by atoms with Gasteiger partial charge in [-0.15, -0.1) is 24.0 Å². The predicted molar refractivity (Wildman–Crippen MR) is 132 cm³/mol. The first-order valence-electron chi connectivity index (χ1n) is 10.8. The molecule has 1 aliphatic heterocycles. The highest BCUT2D eigenvalue weighted by Crippen LogP contribution is 2.16. The number of nitrogens with zero attached hydrogens (tertiary/aromatic N) is 3. The molecule has 29 heavy (non-hydrogen) atoms. The van der Waals surface area contributed by atoms with Crippen LogP contribution in [0.1, 0.15) is 50.8 Å². The summed E-state index contributed by atoms with van der Waals surface area (Å²) in [5.74, 6) is 0.639. The number of rotatable bonds is 9. The number of benzene rings is 1. The van der Waals surface area contributed by atoms with Gasteiger partial charge in [0.25, 0.3) is 0 Å². The van der Waals surface area contributed by atoms with E-state index in [0.717, 1.165) is 44.1 Å². The van der Waals surface area contributed by atoms with Crippen molar-refractivity contribution >= 4 is 29.9 Å². The number of unbranched alkanes of at least 4 members (excludes halogenated alkanes) is 1. The topological polar surface area (TPSA) is 42.9 Å². The van der Waals surface area contributed by atoms with Crippen LogP contribution in [-0.4, -0.2) is 68.1 Å². The third-order valence-electron chi connectivity index (χ3n) is 5.46. The summed E-state index contributed by atoms with van der Waals surface area (Å²) >= 11 is 0. The Kier molecular flexibility index (Phi) is 12.7. The van der Waals surface area contributed by atoms with Gasteiger partial charge in [0, 0.05) is 39.3 Å². The van der Waals surface area contributed by atoms with Gasteiger partial charge in [-0.05, 0) is 63.9 Å². The highest BCUT2D eigenvalue weighted by molar-refractivity contribution is 14.0. The van der Waals surface area contributed by atoms with Crippen LogP contribution in [0.5, 0.6) is 0 Å². The van der Waals surface area contributed by atoms with Crippen LogP contribution in [0.3, 0.4) is 0 Å². The van der Waals surface area contributed by atoms with Crippen LogP contribution in [0.4, 0.5) is 4.39 Å². The quantitative estimate of drug-likeness (QED) is 0.226. The molecule has 2 rings (SSSR count). The number of hydrogen-bond donors (Lipinski definition) is 2. The van der Waals surface area contributed by atoms with E-state index in [2.05, 4.69) is 34.3 Å². The molecule has 0 aliphatic carbocycles. The Labute approximate surface area is 193 Å². The van der Waals surface area contributed by atoms with Gasteiger partial charge in [0.15, 0.2) is 5.96 Å². The van der Waals surface area contributed by atoms with Gasteiger partial charge in [0.1, 0.15) is 5.82 Å². The Morgan fingerprint density at radius 3 is 2.45 bits per heavy atom. The molecule has 0 bridgehead atoms. The van der Waals surface area contributed by atoms with E-state index in [0.29, 0.717) is 5.56 Å². The third-order valence-corrected chi connectivity index (χ3v) is 5.46. The minimum atomic E-state index is -0.159. The van der Waals surface area contributed by atoms with Crippen LogP contribution in [0.2, 0.25) is 0 Å². The highest BCUT2D eigenvalue weighted by Gasteiger charge is 2.14. The molecule has 1 unspecified atom stereocenters. The molecule has 0 aromatic heterocycles. The van der Waals surface area contributed by atoms with Crippen molar-refractivity contribution < 1.29 is 4.39 Å². The van der Waals surface area contributed by atoms with Gasteiger partial charge in [-0.2, -0.15) is 0 Å². The van der Waals surface area contributed by atoms with E-state index in [1.54, 1.807) is 13.0 Å². The lowest BCUT2D eigenvalue weighted by molar-refractivity contribution is 0.136. The Bertz CT molecular complexity index is 617. The maximum absolute atomic E-state index is 13.8. The monoisotopic (exact) mass is 519 g/mol. The molecular formula is C22H39FIN5. The van der Waals surface area contributed by atoms with Gasteiger partial charge in [0.2, 0.25) is 0 Å². The number of halogens is 2. The number of aliphatic imine (C=N–C) groups is 1. The molecule has 0 saturated carbocycles. The molecule has 1 aromatic rings. The number of hydrogen-bond acceptors (Lipinski definition) is 3. The lowest BCUT2D eigenvalue weighted by Crippen LogP contribution is -2.46. The molecule has 1 saturated heterocycles. The Hall–Kier alpha value is -0.930. The lowest BCUT2D eigenvalue weighted by Gasteiger charge is -2.33. The Balaban J connectivity index is 0.00000420. The largest absolute Gasteiger partial charge is 0.357 e. The van der Waals surface area contributed by atoms with Crippen LogP contribution in [0.25, 0.3) is 0 Å². The van der Waals surface area contributed by atoms with E-state index in [9.17, 15) is 4.39 Å². The van der Waals surface area contributed by atoms with Gasteiger partial charge >= 0.3 is 0 Å². The molecule has 1 heterocycles. The molecule has 0 spiro atoms. The smallest absolute Gasteiger partial charge is 0.191 e. The fourth-order valence-corrected chi connectivity index (χ4v) is 3.45. The first-order valence-corrected chi connectivity index (χ1v) is 10.8. The van der Waals surface area contributed by atoms with E-state index in [-0.39, 0.29) is 35.8 Å². The standard InChI is InChI=1S/C22H38FN5.HI/c1-5-24-22(26-19(4)20-10-9-18(3)21(23)17-20)25-11-7-8-12-28-15-13-27(6-2)14-16-28;/h9-10,17,19H,5-8,11-16H2,1-4H3,(H2,24,25,26);1H. The van der Waals surface area contributed by atoms with Crippen molar-refractivity contribution in [2.45, 2.75) is 46.6 Å². The Morgan fingerprint density at radius 1 is 1.14 bits per heavy atom. The number of piperazine rings is 1. The van der Waals surface area contributed by atoms with Crippen molar-refractivity contribution in [3.05, 3.63) is 35.1 Å². The minimum absolute atomic E-state index is 0. The van der Waals surface area contributed by atoms with Crippen LogP contribution >= 0.6 is 24.0 Å². The van der Waals surface area contributed by atoms with Gasteiger partial charge in [-0.3, -0.25) is 4.99 Å². The zero-order valence-electron chi connectivity index (χ0n) is 18.5. The molecule has 2 N–H and O–H groups in total. The number of nitrogens with one attached hydrogen (secondary N) is 2. The van der Waals surface area contributed by atoms with Crippen molar-refractivity contribution in [2.75, 3.05) is 52.4 Å². The maximum atomic E-state index is 13.8. The molecule has 1 atom stereocenters. The summed E-state index contributed by atoms with van der Waals surface area (Å²) in [4.78, 5) is 9.77. The average molecular weight is 519 g/mol. The minimum Gasteiger partial charge on any atom is -0.357 e. The highest BCUT2D eigenvalue weighted by atomic mass is 127. The van der Waals surface area contributed by atoms with Crippen LogP contribution in [0.15, 0.2) is 23.2 Å². The normalized spacial score (nSPS) is 16.9. The van der Waals surface area contributed by atoms with Crippen LogP contribution in [-0.2, 0) is 0 Å². The second kappa shape index (κ2) is 14.1.